The Kier molecular flexibility index (Phi) is 7.61. The van der Waals surface area contributed by atoms with Gasteiger partial charge in [0.15, 0.2) is 0 Å². The molecule has 28 heavy (non-hydrogen) atoms. The van der Waals surface area contributed by atoms with Crippen LogP contribution in [0.25, 0.3) is 0 Å². The molecule has 2 unspecified atom stereocenters. The third kappa shape index (κ3) is 6.12. The highest BCUT2D eigenvalue weighted by atomic mass is 16.5. The van der Waals surface area contributed by atoms with Gasteiger partial charge < -0.3 is 15.2 Å². The molecular formula is C23H29NO4. The van der Waals surface area contributed by atoms with Gasteiger partial charge in [0.2, 0.25) is 5.91 Å². The van der Waals surface area contributed by atoms with E-state index in [0.717, 1.165) is 17.5 Å². The molecule has 0 radical (unpaired) electrons. The minimum Gasteiger partial charge on any atom is -0.508 e. The van der Waals surface area contributed by atoms with Gasteiger partial charge in [-0.1, -0.05) is 50.2 Å². The zero-order valence-corrected chi connectivity index (χ0v) is 16.9. The summed E-state index contributed by atoms with van der Waals surface area (Å²) in [6, 6.07) is 13.8. The lowest BCUT2D eigenvalue weighted by molar-refractivity contribution is -0.145. The van der Waals surface area contributed by atoms with Gasteiger partial charge in [-0.15, -0.1) is 0 Å². The van der Waals surface area contributed by atoms with Gasteiger partial charge in [-0.25, -0.2) is 4.79 Å². The maximum Gasteiger partial charge on any atom is 0.328 e. The summed E-state index contributed by atoms with van der Waals surface area (Å²) in [5.41, 5.74) is 2.96. The van der Waals surface area contributed by atoms with Gasteiger partial charge in [0.1, 0.15) is 11.8 Å². The monoisotopic (exact) mass is 383 g/mol. The van der Waals surface area contributed by atoms with Crippen molar-refractivity contribution in [1.29, 1.82) is 0 Å². The van der Waals surface area contributed by atoms with Crippen molar-refractivity contribution in [1.82, 2.24) is 5.32 Å². The molecule has 0 aliphatic rings. The third-order valence-electron chi connectivity index (χ3n) is 4.70. The van der Waals surface area contributed by atoms with Crippen LogP contribution in [0.5, 0.6) is 5.75 Å². The van der Waals surface area contributed by atoms with Gasteiger partial charge in [-0.05, 0) is 48.1 Å². The van der Waals surface area contributed by atoms with E-state index in [9.17, 15) is 14.7 Å². The van der Waals surface area contributed by atoms with Crippen LogP contribution in [-0.2, 0) is 27.2 Å². The van der Waals surface area contributed by atoms with Gasteiger partial charge in [0.05, 0.1) is 13.0 Å². The Morgan fingerprint density at radius 1 is 0.929 bits per heavy atom. The number of phenols is 1. The number of nitrogens with one attached hydrogen (secondary N) is 1. The molecule has 0 spiro atoms. The average Bonchev–Trinajstić information content (AvgIpc) is 2.68. The van der Waals surface area contributed by atoms with Crippen LogP contribution in [0, 0.1) is 5.92 Å². The average molecular weight is 383 g/mol. The molecule has 2 aromatic rings. The molecule has 0 bridgehead atoms. The number of ether oxygens (including phenoxy) is 1. The molecule has 5 nitrogen and oxygen atoms in total. The standard InChI is InChI=1S/C23H29NO4/c1-15(2)13-17-5-9-19(10-6-17)16(3)22(26)24-21(23(27)28-4)14-18-7-11-20(25)12-8-18/h5-12,15-16,21,25H,13-14H2,1-4H3,(H,24,26). The highest BCUT2D eigenvalue weighted by molar-refractivity contribution is 5.88. The topological polar surface area (TPSA) is 75.6 Å². The van der Waals surface area contributed by atoms with E-state index < -0.39 is 12.0 Å². The second-order valence-corrected chi connectivity index (χ2v) is 7.52. The molecule has 0 saturated carbocycles. The molecule has 0 aromatic heterocycles. The second-order valence-electron chi connectivity index (χ2n) is 7.52. The van der Waals surface area contributed by atoms with Crippen molar-refractivity contribution in [2.45, 2.75) is 45.6 Å². The number of rotatable bonds is 8. The first-order valence-corrected chi connectivity index (χ1v) is 9.55. The van der Waals surface area contributed by atoms with E-state index in [2.05, 4.69) is 19.2 Å². The van der Waals surface area contributed by atoms with E-state index in [1.807, 2.05) is 31.2 Å². The zero-order valence-electron chi connectivity index (χ0n) is 16.9. The molecule has 0 aliphatic heterocycles. The Hall–Kier alpha value is -2.82. The highest BCUT2D eigenvalue weighted by Crippen LogP contribution is 2.19. The summed E-state index contributed by atoms with van der Waals surface area (Å²) < 4.78 is 4.84. The summed E-state index contributed by atoms with van der Waals surface area (Å²) in [6.07, 6.45) is 1.29. The van der Waals surface area contributed by atoms with Crippen molar-refractivity contribution in [2.75, 3.05) is 7.11 Å². The van der Waals surface area contributed by atoms with E-state index in [1.165, 1.54) is 12.7 Å². The van der Waals surface area contributed by atoms with Crippen molar-refractivity contribution in [3.63, 3.8) is 0 Å². The van der Waals surface area contributed by atoms with Crippen LogP contribution < -0.4 is 5.32 Å². The molecule has 5 heteroatoms. The number of phenolic OH excluding ortho intramolecular Hbond substituents is 1. The molecular weight excluding hydrogens is 354 g/mol. The molecule has 0 fully saturated rings. The van der Waals surface area contributed by atoms with Crippen molar-refractivity contribution < 1.29 is 19.4 Å². The zero-order chi connectivity index (χ0) is 20.7. The minimum absolute atomic E-state index is 0.150. The van der Waals surface area contributed by atoms with Crippen LogP contribution in [0.3, 0.4) is 0 Å². The fourth-order valence-corrected chi connectivity index (χ4v) is 3.07. The van der Waals surface area contributed by atoms with Crippen LogP contribution in [0.1, 0.15) is 43.4 Å². The summed E-state index contributed by atoms with van der Waals surface area (Å²) in [5, 5.41) is 12.2. The maximum atomic E-state index is 12.7. The molecule has 2 N–H and O–H groups in total. The number of amides is 1. The van der Waals surface area contributed by atoms with E-state index in [-0.39, 0.29) is 17.6 Å². The number of carbonyl (C=O) groups is 2. The lowest BCUT2D eigenvalue weighted by atomic mass is 9.95. The van der Waals surface area contributed by atoms with Crippen molar-refractivity contribution >= 4 is 11.9 Å². The minimum atomic E-state index is -0.787. The Morgan fingerprint density at radius 2 is 1.46 bits per heavy atom. The SMILES string of the molecule is COC(=O)C(Cc1ccc(O)cc1)NC(=O)C(C)c1ccc(CC(C)C)cc1. The summed E-state index contributed by atoms with van der Waals surface area (Å²) in [7, 11) is 1.30. The number of esters is 1. The number of aromatic hydroxyl groups is 1. The Labute approximate surface area is 166 Å². The molecule has 2 rings (SSSR count). The van der Waals surface area contributed by atoms with Crippen molar-refractivity contribution in [3.8, 4) is 5.75 Å². The Balaban J connectivity index is 2.07. The van der Waals surface area contributed by atoms with Crippen LogP contribution in [0.4, 0.5) is 0 Å². The fraction of sp³-hybridized carbons (Fsp3) is 0.391. The quantitative estimate of drug-likeness (QED) is 0.683. The van der Waals surface area contributed by atoms with Crippen molar-refractivity contribution in [3.05, 3.63) is 65.2 Å². The summed E-state index contributed by atoms with van der Waals surface area (Å²) in [6.45, 7) is 6.16. The van der Waals surface area contributed by atoms with Crippen LogP contribution in [0.15, 0.2) is 48.5 Å². The Morgan fingerprint density at radius 3 is 2.00 bits per heavy atom. The molecule has 0 heterocycles. The predicted molar refractivity (Wildman–Crippen MR) is 109 cm³/mol. The predicted octanol–water partition coefficient (Wildman–Crippen LogP) is 3.59. The lowest BCUT2D eigenvalue weighted by Crippen LogP contribution is -2.44. The molecule has 2 atom stereocenters. The Bertz CT molecular complexity index is 781. The smallest absolute Gasteiger partial charge is 0.328 e. The summed E-state index contributed by atoms with van der Waals surface area (Å²) in [5.74, 6) is -0.393. The second kappa shape index (κ2) is 9.93. The normalized spacial score (nSPS) is 13.0. The van der Waals surface area contributed by atoms with Gasteiger partial charge in [-0.3, -0.25) is 4.79 Å². The molecule has 0 aliphatic carbocycles. The summed E-state index contributed by atoms with van der Waals surface area (Å²) >= 11 is 0. The number of hydrogen-bond donors (Lipinski definition) is 2. The van der Waals surface area contributed by atoms with Gasteiger partial charge >= 0.3 is 5.97 Å². The highest BCUT2D eigenvalue weighted by Gasteiger charge is 2.25. The number of carbonyl (C=O) groups excluding carboxylic acids is 2. The number of hydrogen-bond acceptors (Lipinski definition) is 4. The molecule has 0 saturated heterocycles. The lowest BCUT2D eigenvalue weighted by Gasteiger charge is -2.20. The van der Waals surface area contributed by atoms with E-state index in [0.29, 0.717) is 12.3 Å². The molecule has 2 aromatic carbocycles. The van der Waals surface area contributed by atoms with Gasteiger partial charge in [-0.2, -0.15) is 0 Å². The van der Waals surface area contributed by atoms with Crippen LogP contribution in [0.2, 0.25) is 0 Å². The first kappa shape index (κ1) is 21.5. The first-order chi connectivity index (χ1) is 13.3. The van der Waals surface area contributed by atoms with Crippen LogP contribution >= 0.6 is 0 Å². The first-order valence-electron chi connectivity index (χ1n) is 9.55. The summed E-state index contributed by atoms with van der Waals surface area (Å²) in [4.78, 5) is 24.9. The maximum absolute atomic E-state index is 12.7. The third-order valence-corrected chi connectivity index (χ3v) is 4.70. The fourth-order valence-electron chi connectivity index (χ4n) is 3.07. The molecule has 150 valence electrons. The van der Waals surface area contributed by atoms with Crippen LogP contribution in [-0.4, -0.2) is 30.1 Å². The van der Waals surface area contributed by atoms with E-state index >= 15 is 0 Å². The van der Waals surface area contributed by atoms with E-state index in [4.69, 9.17) is 4.74 Å². The van der Waals surface area contributed by atoms with E-state index in [1.54, 1.807) is 24.3 Å². The number of methoxy groups -OCH3 is 1. The molecule has 1 amide bonds. The van der Waals surface area contributed by atoms with Gasteiger partial charge in [0, 0.05) is 6.42 Å². The van der Waals surface area contributed by atoms with Crippen molar-refractivity contribution in [2.24, 2.45) is 5.92 Å². The largest absolute Gasteiger partial charge is 0.508 e. The number of benzene rings is 2. The van der Waals surface area contributed by atoms with Gasteiger partial charge in [0.25, 0.3) is 0 Å².